The second-order valence-electron chi connectivity index (χ2n) is 5.25. The molecule has 4 nitrogen and oxygen atoms in total. The number of hydrogen-bond donors (Lipinski definition) is 3. The lowest BCUT2D eigenvalue weighted by atomic mass is 9.92. The summed E-state index contributed by atoms with van der Waals surface area (Å²) in [5.74, 6) is 0.571. The maximum absolute atomic E-state index is 11.7. The van der Waals surface area contributed by atoms with Crippen LogP contribution in [0, 0.1) is 5.92 Å². The van der Waals surface area contributed by atoms with E-state index >= 15 is 0 Å². The number of nitrogens with two attached hydrogens (primary N) is 1. The highest BCUT2D eigenvalue weighted by molar-refractivity contribution is 5.76. The van der Waals surface area contributed by atoms with Crippen LogP contribution in [0.1, 0.15) is 51.9 Å². The molecule has 1 aliphatic rings. The number of aliphatic hydroxyl groups is 1. The van der Waals surface area contributed by atoms with Crippen molar-refractivity contribution in [3.05, 3.63) is 0 Å². The van der Waals surface area contributed by atoms with E-state index in [4.69, 9.17) is 5.73 Å². The number of amides is 1. The summed E-state index contributed by atoms with van der Waals surface area (Å²) in [5.41, 5.74) is 5.47. The molecule has 0 bridgehead atoms. The second kappa shape index (κ2) is 7.67. The first-order chi connectivity index (χ1) is 8.13. The number of hydrogen-bond acceptors (Lipinski definition) is 3. The maximum Gasteiger partial charge on any atom is 0.220 e. The summed E-state index contributed by atoms with van der Waals surface area (Å²) in [6.07, 6.45) is 5.94. The van der Waals surface area contributed by atoms with Crippen molar-refractivity contribution in [1.29, 1.82) is 0 Å². The molecule has 0 spiro atoms. The van der Waals surface area contributed by atoms with Crippen LogP contribution < -0.4 is 11.1 Å². The van der Waals surface area contributed by atoms with Crippen LogP contribution in [0.25, 0.3) is 0 Å². The number of rotatable bonds is 6. The third kappa shape index (κ3) is 5.50. The minimum atomic E-state index is -0.353. The lowest BCUT2D eigenvalue weighted by Gasteiger charge is -2.28. The van der Waals surface area contributed by atoms with Gasteiger partial charge in [-0.05, 0) is 38.1 Å². The fourth-order valence-corrected chi connectivity index (χ4v) is 2.36. The van der Waals surface area contributed by atoms with Gasteiger partial charge in [-0.1, -0.05) is 19.8 Å². The highest BCUT2D eigenvalue weighted by atomic mass is 16.3. The van der Waals surface area contributed by atoms with Gasteiger partial charge in [0.2, 0.25) is 5.91 Å². The van der Waals surface area contributed by atoms with Crippen molar-refractivity contribution in [2.75, 3.05) is 6.54 Å². The van der Waals surface area contributed by atoms with Gasteiger partial charge in [-0.25, -0.2) is 0 Å². The van der Waals surface area contributed by atoms with Gasteiger partial charge in [0.15, 0.2) is 0 Å². The number of carbonyl (C=O) groups excluding carboxylic acids is 1. The van der Waals surface area contributed by atoms with Crippen LogP contribution in [0.3, 0.4) is 0 Å². The lowest BCUT2D eigenvalue weighted by Crippen LogP contribution is -2.45. The highest BCUT2D eigenvalue weighted by Gasteiger charge is 2.24. The van der Waals surface area contributed by atoms with Crippen LogP contribution in [0.5, 0.6) is 0 Å². The summed E-state index contributed by atoms with van der Waals surface area (Å²) in [6.45, 7) is 2.81. The summed E-state index contributed by atoms with van der Waals surface area (Å²) in [4.78, 5) is 11.7. The van der Waals surface area contributed by atoms with Gasteiger partial charge in [0.05, 0.1) is 12.1 Å². The highest BCUT2D eigenvalue weighted by Crippen LogP contribution is 2.18. The molecule has 1 saturated carbocycles. The van der Waals surface area contributed by atoms with Gasteiger partial charge in [0.1, 0.15) is 0 Å². The van der Waals surface area contributed by atoms with Crippen molar-refractivity contribution in [3.63, 3.8) is 0 Å². The van der Waals surface area contributed by atoms with E-state index in [1.807, 2.05) is 0 Å². The average molecular weight is 242 g/mol. The smallest absolute Gasteiger partial charge is 0.220 e. The molecule has 3 atom stereocenters. The zero-order valence-corrected chi connectivity index (χ0v) is 10.8. The molecule has 1 aliphatic carbocycles. The monoisotopic (exact) mass is 242 g/mol. The van der Waals surface area contributed by atoms with Crippen molar-refractivity contribution in [2.24, 2.45) is 11.7 Å². The quantitative estimate of drug-likeness (QED) is 0.654. The van der Waals surface area contributed by atoms with Gasteiger partial charge in [0.25, 0.3) is 0 Å². The number of nitrogens with one attached hydrogen (secondary N) is 1. The van der Waals surface area contributed by atoms with Crippen LogP contribution >= 0.6 is 0 Å². The molecule has 0 aromatic carbocycles. The molecule has 3 unspecified atom stereocenters. The summed E-state index contributed by atoms with van der Waals surface area (Å²) < 4.78 is 0. The molecule has 0 aromatic heterocycles. The van der Waals surface area contributed by atoms with E-state index in [2.05, 4.69) is 12.2 Å². The van der Waals surface area contributed by atoms with Crippen LogP contribution in [0.15, 0.2) is 0 Å². The fourth-order valence-electron chi connectivity index (χ4n) is 2.36. The number of aliphatic hydroxyl groups excluding tert-OH is 1. The Morgan fingerprint density at radius 3 is 2.76 bits per heavy atom. The van der Waals surface area contributed by atoms with Crippen LogP contribution in [0.2, 0.25) is 0 Å². The first kappa shape index (κ1) is 14.5. The molecule has 4 heteroatoms. The van der Waals surface area contributed by atoms with E-state index in [9.17, 15) is 9.90 Å². The Labute approximate surface area is 104 Å². The normalized spacial score (nSPS) is 26.5. The first-order valence-corrected chi connectivity index (χ1v) is 6.81. The van der Waals surface area contributed by atoms with Crippen molar-refractivity contribution in [3.8, 4) is 0 Å². The molecular weight excluding hydrogens is 216 g/mol. The minimum absolute atomic E-state index is 0.0268. The lowest BCUT2D eigenvalue weighted by molar-refractivity contribution is -0.123. The van der Waals surface area contributed by atoms with E-state index in [0.29, 0.717) is 18.9 Å². The first-order valence-electron chi connectivity index (χ1n) is 6.81. The van der Waals surface area contributed by atoms with E-state index in [1.54, 1.807) is 0 Å². The summed E-state index contributed by atoms with van der Waals surface area (Å²) in [7, 11) is 0. The van der Waals surface area contributed by atoms with Gasteiger partial charge in [-0.15, -0.1) is 0 Å². The van der Waals surface area contributed by atoms with Crippen molar-refractivity contribution in [2.45, 2.75) is 64.0 Å². The Bertz CT molecular complexity index is 233. The second-order valence-corrected chi connectivity index (χ2v) is 5.25. The molecule has 1 amide bonds. The topological polar surface area (TPSA) is 75.4 Å². The van der Waals surface area contributed by atoms with E-state index < -0.39 is 0 Å². The Kier molecular flexibility index (Phi) is 6.52. The molecule has 1 rings (SSSR count). The van der Waals surface area contributed by atoms with E-state index in [1.165, 1.54) is 0 Å². The third-order valence-corrected chi connectivity index (χ3v) is 3.60. The predicted octanol–water partition coefficient (Wildman–Crippen LogP) is 1.17. The van der Waals surface area contributed by atoms with Crippen molar-refractivity contribution >= 4 is 5.91 Å². The molecule has 0 heterocycles. The molecule has 1 fully saturated rings. The van der Waals surface area contributed by atoms with Gasteiger partial charge in [-0.3, -0.25) is 4.79 Å². The molecule has 0 saturated heterocycles. The van der Waals surface area contributed by atoms with E-state index in [-0.39, 0.29) is 18.1 Å². The molecule has 0 aliphatic heterocycles. The van der Waals surface area contributed by atoms with Crippen LogP contribution in [0.4, 0.5) is 0 Å². The van der Waals surface area contributed by atoms with Crippen molar-refractivity contribution in [1.82, 2.24) is 5.32 Å². The van der Waals surface area contributed by atoms with Gasteiger partial charge < -0.3 is 16.2 Å². The Morgan fingerprint density at radius 1 is 1.41 bits per heavy atom. The summed E-state index contributed by atoms with van der Waals surface area (Å²) in [5, 5.41) is 12.7. The molecule has 0 radical (unpaired) electrons. The van der Waals surface area contributed by atoms with Crippen LogP contribution in [-0.2, 0) is 4.79 Å². The molecular formula is C13H26N2O2. The standard InChI is InChI=1S/C13H26N2O2/c1-10(8-9-14)6-7-13(17)15-11-4-2-3-5-12(11)16/h10-12,16H,2-9,14H2,1H3,(H,15,17). The zero-order chi connectivity index (χ0) is 12.7. The van der Waals surface area contributed by atoms with Crippen LogP contribution in [-0.4, -0.2) is 29.7 Å². The molecule has 100 valence electrons. The SMILES string of the molecule is CC(CCN)CCC(=O)NC1CCCCC1O. The van der Waals surface area contributed by atoms with Gasteiger partial charge in [0, 0.05) is 6.42 Å². The van der Waals surface area contributed by atoms with E-state index in [0.717, 1.165) is 38.5 Å². The zero-order valence-electron chi connectivity index (χ0n) is 10.8. The predicted molar refractivity (Wildman–Crippen MR) is 68.5 cm³/mol. The fraction of sp³-hybridized carbons (Fsp3) is 0.923. The Hall–Kier alpha value is -0.610. The average Bonchev–Trinajstić information content (AvgIpc) is 2.30. The molecule has 17 heavy (non-hydrogen) atoms. The Morgan fingerprint density at radius 2 is 2.12 bits per heavy atom. The molecule has 4 N–H and O–H groups in total. The number of carbonyl (C=O) groups is 1. The third-order valence-electron chi connectivity index (χ3n) is 3.60. The Balaban J connectivity index is 2.19. The summed E-state index contributed by atoms with van der Waals surface area (Å²) >= 11 is 0. The molecule has 0 aromatic rings. The maximum atomic E-state index is 11.7. The van der Waals surface area contributed by atoms with Gasteiger partial charge in [-0.2, -0.15) is 0 Å². The minimum Gasteiger partial charge on any atom is -0.391 e. The summed E-state index contributed by atoms with van der Waals surface area (Å²) in [6, 6.07) is -0.0268. The van der Waals surface area contributed by atoms with Gasteiger partial charge >= 0.3 is 0 Å². The van der Waals surface area contributed by atoms with Crippen molar-refractivity contribution < 1.29 is 9.90 Å². The largest absolute Gasteiger partial charge is 0.391 e.